The summed E-state index contributed by atoms with van der Waals surface area (Å²) in [6.45, 7) is 3.19. The van der Waals surface area contributed by atoms with Gasteiger partial charge in [0.05, 0.1) is 0 Å². The van der Waals surface area contributed by atoms with E-state index >= 15 is 0 Å². The summed E-state index contributed by atoms with van der Waals surface area (Å²) in [5, 5.41) is 0. The Morgan fingerprint density at radius 3 is 2.40 bits per heavy atom. The molecule has 1 aliphatic heterocycles. The number of aromatic amines is 1. The molecule has 2 heterocycles. The van der Waals surface area contributed by atoms with E-state index in [1.165, 1.54) is 25.2 Å². The molecule has 0 spiro atoms. The molecule has 0 bridgehead atoms. The number of anilines is 1. The first-order chi connectivity index (χ1) is 11.9. The van der Waals surface area contributed by atoms with Crippen molar-refractivity contribution in [3.63, 3.8) is 0 Å². The number of halogens is 2. The fraction of sp³-hybridized carbons (Fsp3) is 0.412. The van der Waals surface area contributed by atoms with Crippen LogP contribution in [-0.4, -0.2) is 40.6 Å². The van der Waals surface area contributed by atoms with Gasteiger partial charge < -0.3 is 4.90 Å². The van der Waals surface area contributed by atoms with Crippen molar-refractivity contribution in [3.8, 4) is 0 Å². The molecule has 0 atom stereocenters. The van der Waals surface area contributed by atoms with Gasteiger partial charge in [-0.2, -0.15) is 0 Å². The third-order valence-electron chi connectivity index (χ3n) is 4.39. The zero-order valence-electron chi connectivity index (χ0n) is 14.0. The predicted octanol–water partition coefficient (Wildman–Crippen LogP) is 1.06. The van der Waals surface area contributed by atoms with Crippen molar-refractivity contribution >= 4 is 5.82 Å². The second-order valence-corrected chi connectivity index (χ2v) is 6.25. The summed E-state index contributed by atoms with van der Waals surface area (Å²) in [5.74, 6) is -0.653. The molecule has 8 heteroatoms. The van der Waals surface area contributed by atoms with Gasteiger partial charge in [-0.3, -0.25) is 19.2 Å². The van der Waals surface area contributed by atoms with Crippen LogP contribution in [0, 0.1) is 11.6 Å². The summed E-state index contributed by atoms with van der Waals surface area (Å²) < 4.78 is 27.7. The van der Waals surface area contributed by atoms with Crippen molar-refractivity contribution in [2.24, 2.45) is 7.05 Å². The quantitative estimate of drug-likeness (QED) is 0.899. The van der Waals surface area contributed by atoms with E-state index in [1.807, 2.05) is 4.90 Å². The predicted molar refractivity (Wildman–Crippen MR) is 90.8 cm³/mol. The van der Waals surface area contributed by atoms with E-state index in [-0.39, 0.29) is 5.56 Å². The molecular formula is C17H20F2N4O2. The van der Waals surface area contributed by atoms with Gasteiger partial charge in [-0.05, 0) is 24.1 Å². The maximum absolute atomic E-state index is 13.3. The van der Waals surface area contributed by atoms with Crippen LogP contribution in [0.4, 0.5) is 14.6 Å². The Morgan fingerprint density at radius 1 is 1.00 bits per heavy atom. The molecule has 0 saturated carbocycles. The third kappa shape index (κ3) is 4.14. The van der Waals surface area contributed by atoms with Gasteiger partial charge in [-0.1, -0.05) is 0 Å². The van der Waals surface area contributed by atoms with Crippen LogP contribution in [0.5, 0.6) is 0 Å². The molecule has 3 rings (SSSR count). The summed E-state index contributed by atoms with van der Waals surface area (Å²) in [5.41, 5.74) is -0.207. The van der Waals surface area contributed by atoms with Gasteiger partial charge in [0.2, 0.25) is 0 Å². The van der Waals surface area contributed by atoms with E-state index < -0.39 is 17.3 Å². The normalized spacial score (nSPS) is 16.0. The van der Waals surface area contributed by atoms with E-state index in [2.05, 4.69) is 9.88 Å². The van der Waals surface area contributed by atoms with Crippen LogP contribution in [0.2, 0.25) is 0 Å². The Morgan fingerprint density at radius 2 is 1.72 bits per heavy atom. The standard InChI is InChI=1S/C17H20F2N4O2/c1-21-16(24)10-15(20-17(21)25)23-4-2-3-22(5-6-23)11-12-7-13(18)9-14(19)8-12/h7-10H,2-6,11H2,1H3,(H,20,25). The first-order valence-corrected chi connectivity index (χ1v) is 8.15. The fourth-order valence-corrected chi connectivity index (χ4v) is 3.04. The minimum Gasteiger partial charge on any atom is -0.357 e. The summed E-state index contributed by atoms with van der Waals surface area (Å²) in [4.78, 5) is 30.3. The molecule has 0 unspecified atom stereocenters. The van der Waals surface area contributed by atoms with Crippen LogP contribution >= 0.6 is 0 Å². The highest BCUT2D eigenvalue weighted by Gasteiger charge is 2.17. The molecule has 1 aromatic heterocycles. The number of hydrogen-bond acceptors (Lipinski definition) is 4. The first-order valence-electron chi connectivity index (χ1n) is 8.15. The number of benzene rings is 1. The number of aromatic nitrogens is 2. The van der Waals surface area contributed by atoms with Crippen molar-refractivity contribution in [3.05, 3.63) is 62.3 Å². The van der Waals surface area contributed by atoms with Gasteiger partial charge >= 0.3 is 5.69 Å². The Kier molecular flexibility index (Phi) is 4.98. The average Bonchev–Trinajstić information content (AvgIpc) is 2.77. The lowest BCUT2D eigenvalue weighted by Crippen LogP contribution is -2.37. The Balaban J connectivity index is 1.70. The number of nitrogens with zero attached hydrogens (tertiary/aromatic N) is 3. The zero-order valence-corrected chi connectivity index (χ0v) is 14.0. The average molecular weight is 350 g/mol. The van der Waals surface area contributed by atoms with Crippen molar-refractivity contribution in [2.75, 3.05) is 31.1 Å². The monoisotopic (exact) mass is 350 g/mol. The number of rotatable bonds is 3. The molecule has 0 amide bonds. The molecule has 1 N–H and O–H groups in total. The van der Waals surface area contributed by atoms with Crippen LogP contribution in [0.1, 0.15) is 12.0 Å². The maximum Gasteiger partial charge on any atom is 0.329 e. The van der Waals surface area contributed by atoms with E-state index in [0.717, 1.165) is 23.6 Å². The first kappa shape index (κ1) is 17.3. The van der Waals surface area contributed by atoms with Crippen LogP contribution in [0.25, 0.3) is 0 Å². The molecule has 134 valence electrons. The van der Waals surface area contributed by atoms with E-state index in [1.54, 1.807) is 0 Å². The van der Waals surface area contributed by atoms with Gasteiger partial charge in [0.15, 0.2) is 0 Å². The summed E-state index contributed by atoms with van der Waals surface area (Å²) >= 11 is 0. The van der Waals surface area contributed by atoms with Gasteiger partial charge in [-0.15, -0.1) is 0 Å². The molecule has 1 aromatic carbocycles. The lowest BCUT2D eigenvalue weighted by atomic mass is 10.2. The Labute approximate surface area is 143 Å². The highest BCUT2D eigenvalue weighted by molar-refractivity contribution is 5.36. The minimum absolute atomic E-state index is 0.352. The largest absolute Gasteiger partial charge is 0.357 e. The highest BCUT2D eigenvalue weighted by atomic mass is 19.1. The van der Waals surface area contributed by atoms with E-state index in [4.69, 9.17) is 0 Å². The maximum atomic E-state index is 13.3. The molecule has 6 nitrogen and oxygen atoms in total. The van der Waals surface area contributed by atoms with Crippen LogP contribution in [0.15, 0.2) is 33.9 Å². The number of nitrogens with one attached hydrogen (secondary N) is 1. The third-order valence-corrected chi connectivity index (χ3v) is 4.39. The van der Waals surface area contributed by atoms with E-state index in [0.29, 0.717) is 37.6 Å². The molecular weight excluding hydrogens is 330 g/mol. The van der Waals surface area contributed by atoms with Gasteiger partial charge in [0.1, 0.15) is 17.5 Å². The molecule has 25 heavy (non-hydrogen) atoms. The molecule has 1 fully saturated rings. The van der Waals surface area contributed by atoms with Gasteiger partial charge in [-0.25, -0.2) is 13.6 Å². The molecule has 0 aliphatic carbocycles. The van der Waals surface area contributed by atoms with Gasteiger partial charge in [0.25, 0.3) is 5.56 Å². The summed E-state index contributed by atoms with van der Waals surface area (Å²) in [6.07, 6.45) is 0.815. The van der Waals surface area contributed by atoms with Crippen molar-refractivity contribution in [2.45, 2.75) is 13.0 Å². The van der Waals surface area contributed by atoms with Crippen LogP contribution in [0.3, 0.4) is 0 Å². The van der Waals surface area contributed by atoms with E-state index in [9.17, 15) is 18.4 Å². The number of H-pyrrole nitrogens is 1. The number of hydrogen-bond donors (Lipinski definition) is 1. The van der Waals surface area contributed by atoms with Crippen LogP contribution < -0.4 is 16.1 Å². The summed E-state index contributed by atoms with van der Waals surface area (Å²) in [6, 6.07) is 4.95. The molecule has 2 aromatic rings. The second kappa shape index (κ2) is 7.18. The highest BCUT2D eigenvalue weighted by Crippen LogP contribution is 2.14. The Bertz CT molecular complexity index is 826. The smallest absolute Gasteiger partial charge is 0.329 e. The Hall–Kier alpha value is -2.48. The van der Waals surface area contributed by atoms with Crippen molar-refractivity contribution < 1.29 is 8.78 Å². The van der Waals surface area contributed by atoms with Crippen molar-refractivity contribution in [1.29, 1.82) is 0 Å². The van der Waals surface area contributed by atoms with Crippen LogP contribution in [-0.2, 0) is 13.6 Å². The zero-order chi connectivity index (χ0) is 18.0. The lowest BCUT2D eigenvalue weighted by molar-refractivity contribution is 0.284. The minimum atomic E-state index is -0.579. The lowest BCUT2D eigenvalue weighted by Gasteiger charge is -2.23. The second-order valence-electron chi connectivity index (χ2n) is 6.25. The van der Waals surface area contributed by atoms with Gasteiger partial charge in [0, 0.05) is 51.9 Å². The fourth-order valence-electron chi connectivity index (χ4n) is 3.04. The SMILES string of the molecule is Cn1c(=O)cc(N2CCCN(Cc3cc(F)cc(F)c3)CC2)[nH]c1=O. The topological polar surface area (TPSA) is 61.3 Å². The molecule has 1 saturated heterocycles. The summed E-state index contributed by atoms with van der Waals surface area (Å²) in [7, 11) is 1.42. The molecule has 0 radical (unpaired) electrons. The van der Waals surface area contributed by atoms with Crippen molar-refractivity contribution in [1.82, 2.24) is 14.5 Å². The molecule has 1 aliphatic rings.